The summed E-state index contributed by atoms with van der Waals surface area (Å²) < 4.78 is 5.38. The van der Waals surface area contributed by atoms with Crippen molar-refractivity contribution in [2.45, 2.75) is 36.8 Å². The number of aliphatic hydroxyl groups is 1. The largest absolute Gasteiger partial charge is 0.496 e. The van der Waals surface area contributed by atoms with E-state index in [0.29, 0.717) is 30.8 Å². The Kier molecular flexibility index (Phi) is 6.77. The fourth-order valence-corrected chi connectivity index (χ4v) is 4.99. The Morgan fingerprint density at radius 2 is 1.81 bits per heavy atom. The normalized spacial score (nSPS) is 21.1. The summed E-state index contributed by atoms with van der Waals surface area (Å²) in [7, 11) is 1.53. The molecule has 0 saturated carbocycles. The number of ether oxygens (including phenoxy) is 1. The van der Waals surface area contributed by atoms with E-state index >= 15 is 0 Å². The number of β-amino-alcohol motifs (C(OH)–C–C–N with tert-alkyl or cyclic N) is 1. The van der Waals surface area contributed by atoms with E-state index in [1.54, 1.807) is 23.1 Å². The Morgan fingerprint density at radius 1 is 1.12 bits per heavy atom. The zero-order chi connectivity index (χ0) is 22.6. The maximum absolute atomic E-state index is 13.8. The van der Waals surface area contributed by atoms with E-state index < -0.39 is 17.6 Å². The Bertz CT molecular complexity index is 943. The quantitative estimate of drug-likeness (QED) is 0.640. The molecule has 7 heteroatoms. The number of rotatable bonds is 6. The molecule has 2 aromatic rings. The fourth-order valence-electron chi connectivity index (χ4n) is 4.99. The maximum atomic E-state index is 13.8. The van der Waals surface area contributed by atoms with Gasteiger partial charge in [-0.2, -0.15) is 0 Å². The minimum absolute atomic E-state index is 0.143. The number of para-hydroxylation sites is 1. The molecule has 2 amide bonds. The zero-order valence-corrected chi connectivity index (χ0v) is 18.4. The first-order chi connectivity index (χ1) is 15.5. The Morgan fingerprint density at radius 3 is 2.47 bits per heavy atom. The number of piperidine rings is 1. The average molecular weight is 438 g/mol. The monoisotopic (exact) mass is 437 g/mol. The van der Waals surface area contributed by atoms with Gasteiger partial charge in [0.05, 0.1) is 18.8 Å². The fraction of sp³-hybridized carbons (Fsp3) is 0.440. The summed E-state index contributed by atoms with van der Waals surface area (Å²) in [5.74, 6) is -0.0169. The molecule has 7 nitrogen and oxygen atoms in total. The molecule has 4 rings (SSSR count). The van der Waals surface area contributed by atoms with E-state index in [4.69, 9.17) is 4.74 Å². The lowest BCUT2D eigenvalue weighted by atomic mass is 9.67. The number of nitrogens with one attached hydrogen (secondary N) is 2. The number of amides is 2. The summed E-state index contributed by atoms with van der Waals surface area (Å²) >= 11 is 0. The minimum atomic E-state index is -0.755. The highest BCUT2D eigenvalue weighted by molar-refractivity contribution is 6.00. The summed E-state index contributed by atoms with van der Waals surface area (Å²) in [6, 6.07) is 16.3. The number of nitrogens with zero attached hydrogens (tertiary/aromatic N) is 1. The highest BCUT2D eigenvalue weighted by Crippen LogP contribution is 2.38. The van der Waals surface area contributed by atoms with Gasteiger partial charge in [-0.15, -0.1) is 0 Å². The van der Waals surface area contributed by atoms with Gasteiger partial charge in [0.2, 0.25) is 5.91 Å². The smallest absolute Gasteiger partial charge is 0.255 e. The summed E-state index contributed by atoms with van der Waals surface area (Å²) in [6.07, 6.45) is 1.47. The number of carbonyl (C=O) groups excluding carboxylic acids is 2. The van der Waals surface area contributed by atoms with Gasteiger partial charge in [0.25, 0.3) is 5.91 Å². The van der Waals surface area contributed by atoms with Crippen LogP contribution >= 0.6 is 0 Å². The average Bonchev–Trinajstić information content (AvgIpc) is 3.29. The third kappa shape index (κ3) is 4.36. The van der Waals surface area contributed by atoms with Gasteiger partial charge in [0.1, 0.15) is 11.8 Å². The van der Waals surface area contributed by atoms with Crippen molar-refractivity contribution in [2.24, 2.45) is 0 Å². The summed E-state index contributed by atoms with van der Waals surface area (Å²) in [5, 5.41) is 16.5. The number of benzene rings is 2. The molecule has 2 aromatic carbocycles. The van der Waals surface area contributed by atoms with Crippen LogP contribution in [-0.2, 0) is 10.2 Å². The standard InChI is InChI=1S/C25H31N3O4/c1-32-21-10-6-5-9-20(21)23(30)27-22(24(31)28-16-11-19(29)17-28)25(12-14-26-15-13-25)18-7-3-2-4-8-18/h2-10,19,22,26,29H,11-17H2,1H3,(H,27,30). The molecule has 0 aliphatic carbocycles. The van der Waals surface area contributed by atoms with Crippen LogP contribution in [0.1, 0.15) is 35.2 Å². The van der Waals surface area contributed by atoms with Gasteiger partial charge in [0, 0.05) is 18.5 Å². The van der Waals surface area contributed by atoms with Gasteiger partial charge in [0.15, 0.2) is 0 Å². The number of hydrogen-bond acceptors (Lipinski definition) is 5. The van der Waals surface area contributed by atoms with Crippen LogP contribution in [0.25, 0.3) is 0 Å². The summed E-state index contributed by atoms with van der Waals surface area (Å²) in [5.41, 5.74) is 0.890. The molecule has 2 fully saturated rings. The Labute approximate surface area is 188 Å². The van der Waals surface area contributed by atoms with Crippen molar-refractivity contribution in [1.29, 1.82) is 0 Å². The molecule has 0 radical (unpaired) electrons. The van der Waals surface area contributed by atoms with Crippen LogP contribution in [0.2, 0.25) is 0 Å². The third-order valence-electron chi connectivity index (χ3n) is 6.75. The van der Waals surface area contributed by atoms with E-state index in [-0.39, 0.29) is 11.8 Å². The molecule has 170 valence electrons. The predicted octanol–water partition coefficient (Wildman–Crippen LogP) is 1.71. The first-order valence-corrected chi connectivity index (χ1v) is 11.2. The molecule has 2 heterocycles. The first kappa shape index (κ1) is 22.3. The lowest BCUT2D eigenvalue weighted by Crippen LogP contribution is -2.61. The van der Waals surface area contributed by atoms with Gasteiger partial charge in [-0.1, -0.05) is 42.5 Å². The lowest BCUT2D eigenvalue weighted by molar-refractivity contribution is -0.135. The summed E-state index contributed by atoms with van der Waals surface area (Å²) in [4.78, 5) is 28.9. The van der Waals surface area contributed by atoms with Crippen LogP contribution in [0.15, 0.2) is 54.6 Å². The molecule has 32 heavy (non-hydrogen) atoms. The van der Waals surface area contributed by atoms with Gasteiger partial charge < -0.3 is 25.4 Å². The second-order valence-corrected chi connectivity index (χ2v) is 8.61. The van der Waals surface area contributed by atoms with Crippen molar-refractivity contribution in [3.63, 3.8) is 0 Å². The second kappa shape index (κ2) is 9.71. The first-order valence-electron chi connectivity index (χ1n) is 11.2. The van der Waals surface area contributed by atoms with Crippen LogP contribution in [-0.4, -0.2) is 67.3 Å². The van der Waals surface area contributed by atoms with Crippen LogP contribution in [0.4, 0.5) is 0 Å². The van der Waals surface area contributed by atoms with E-state index in [1.165, 1.54) is 7.11 Å². The van der Waals surface area contributed by atoms with Crippen molar-refractivity contribution in [2.75, 3.05) is 33.3 Å². The topological polar surface area (TPSA) is 90.9 Å². The lowest BCUT2D eigenvalue weighted by Gasteiger charge is -2.44. The molecule has 2 aliphatic heterocycles. The third-order valence-corrected chi connectivity index (χ3v) is 6.75. The maximum Gasteiger partial charge on any atom is 0.255 e. The van der Waals surface area contributed by atoms with Gasteiger partial charge >= 0.3 is 0 Å². The number of hydrogen-bond donors (Lipinski definition) is 3. The van der Waals surface area contributed by atoms with E-state index in [1.807, 2.05) is 36.4 Å². The van der Waals surface area contributed by atoms with Crippen molar-refractivity contribution in [3.8, 4) is 5.75 Å². The van der Waals surface area contributed by atoms with Gasteiger partial charge in [-0.05, 0) is 50.0 Å². The molecule has 0 spiro atoms. The highest BCUT2D eigenvalue weighted by atomic mass is 16.5. The molecule has 0 bridgehead atoms. The van der Waals surface area contributed by atoms with Crippen molar-refractivity contribution in [3.05, 3.63) is 65.7 Å². The minimum Gasteiger partial charge on any atom is -0.496 e. The van der Waals surface area contributed by atoms with Crippen LogP contribution < -0.4 is 15.4 Å². The van der Waals surface area contributed by atoms with Gasteiger partial charge in [-0.3, -0.25) is 9.59 Å². The van der Waals surface area contributed by atoms with E-state index in [0.717, 1.165) is 31.5 Å². The second-order valence-electron chi connectivity index (χ2n) is 8.61. The summed E-state index contributed by atoms with van der Waals surface area (Å²) in [6.45, 7) is 2.30. The van der Waals surface area contributed by atoms with E-state index in [9.17, 15) is 14.7 Å². The molecule has 2 aliphatic rings. The SMILES string of the molecule is COc1ccccc1C(=O)NC(C(=O)N1CCC(O)C1)C1(c2ccccc2)CCNCC1. The van der Waals surface area contributed by atoms with Gasteiger partial charge in [-0.25, -0.2) is 0 Å². The molecule has 2 atom stereocenters. The Balaban J connectivity index is 1.74. The number of aliphatic hydroxyl groups excluding tert-OH is 1. The van der Waals surface area contributed by atoms with Crippen molar-refractivity contribution < 1.29 is 19.4 Å². The molecule has 0 aromatic heterocycles. The molecular formula is C25H31N3O4. The van der Waals surface area contributed by atoms with Crippen LogP contribution in [0.3, 0.4) is 0 Å². The highest BCUT2D eigenvalue weighted by Gasteiger charge is 2.48. The number of carbonyl (C=O) groups is 2. The number of likely N-dealkylation sites (tertiary alicyclic amines) is 1. The predicted molar refractivity (Wildman–Crippen MR) is 122 cm³/mol. The van der Waals surface area contributed by atoms with Crippen molar-refractivity contribution >= 4 is 11.8 Å². The molecular weight excluding hydrogens is 406 g/mol. The van der Waals surface area contributed by atoms with Crippen molar-refractivity contribution in [1.82, 2.24) is 15.5 Å². The molecule has 2 saturated heterocycles. The van der Waals surface area contributed by atoms with Crippen LogP contribution in [0, 0.1) is 0 Å². The zero-order valence-electron chi connectivity index (χ0n) is 18.4. The number of methoxy groups -OCH3 is 1. The Hall–Kier alpha value is -2.90. The molecule has 3 N–H and O–H groups in total. The van der Waals surface area contributed by atoms with E-state index in [2.05, 4.69) is 10.6 Å². The molecule has 2 unspecified atom stereocenters. The van der Waals surface area contributed by atoms with Crippen LogP contribution in [0.5, 0.6) is 5.75 Å².